The van der Waals surface area contributed by atoms with Crippen LogP contribution in [-0.2, 0) is 11.3 Å². The number of rotatable bonds is 3. The number of benzene rings is 1. The first kappa shape index (κ1) is 12.1. The van der Waals surface area contributed by atoms with E-state index in [0.717, 1.165) is 18.4 Å². The Labute approximate surface area is 102 Å². The second-order valence-electron chi connectivity index (χ2n) is 4.61. The van der Waals surface area contributed by atoms with Gasteiger partial charge in [0.1, 0.15) is 0 Å². The van der Waals surface area contributed by atoms with E-state index in [4.69, 9.17) is 15.7 Å². The SMILES string of the molecule is N#Cc1cccc(COC2CCCCC2N)c1. The summed E-state index contributed by atoms with van der Waals surface area (Å²) in [6.07, 6.45) is 4.71. The third-order valence-corrected chi connectivity index (χ3v) is 3.27. The minimum Gasteiger partial charge on any atom is -0.372 e. The van der Waals surface area contributed by atoms with Gasteiger partial charge in [0.15, 0.2) is 0 Å². The molecule has 0 spiro atoms. The Hall–Kier alpha value is -1.37. The zero-order chi connectivity index (χ0) is 12.1. The van der Waals surface area contributed by atoms with Crippen molar-refractivity contribution >= 4 is 0 Å². The topological polar surface area (TPSA) is 59.0 Å². The maximum Gasteiger partial charge on any atom is 0.0991 e. The molecule has 0 aliphatic heterocycles. The second kappa shape index (κ2) is 5.81. The molecule has 1 aliphatic carbocycles. The van der Waals surface area contributed by atoms with E-state index in [2.05, 4.69) is 6.07 Å². The molecule has 0 amide bonds. The molecule has 1 fully saturated rings. The molecule has 0 saturated heterocycles. The molecule has 2 N–H and O–H groups in total. The van der Waals surface area contributed by atoms with Crippen LogP contribution in [0, 0.1) is 11.3 Å². The Morgan fingerprint density at radius 3 is 2.94 bits per heavy atom. The summed E-state index contributed by atoms with van der Waals surface area (Å²) in [5.41, 5.74) is 7.74. The summed E-state index contributed by atoms with van der Waals surface area (Å²) < 4.78 is 5.85. The largest absolute Gasteiger partial charge is 0.372 e. The molecule has 17 heavy (non-hydrogen) atoms. The summed E-state index contributed by atoms with van der Waals surface area (Å²) in [5, 5.41) is 8.81. The van der Waals surface area contributed by atoms with Gasteiger partial charge in [-0.3, -0.25) is 0 Å². The van der Waals surface area contributed by atoms with Gasteiger partial charge in [-0.25, -0.2) is 0 Å². The van der Waals surface area contributed by atoms with Crippen LogP contribution >= 0.6 is 0 Å². The lowest BCUT2D eigenvalue weighted by molar-refractivity contribution is 0.00404. The summed E-state index contributed by atoms with van der Waals surface area (Å²) >= 11 is 0. The molecule has 2 unspecified atom stereocenters. The number of hydrogen-bond acceptors (Lipinski definition) is 3. The number of nitrogens with zero attached hydrogens (tertiary/aromatic N) is 1. The van der Waals surface area contributed by atoms with E-state index in [0.29, 0.717) is 12.2 Å². The van der Waals surface area contributed by atoms with Crippen LogP contribution in [0.4, 0.5) is 0 Å². The van der Waals surface area contributed by atoms with Gasteiger partial charge in [-0.1, -0.05) is 25.0 Å². The van der Waals surface area contributed by atoms with Gasteiger partial charge in [-0.15, -0.1) is 0 Å². The van der Waals surface area contributed by atoms with Crippen LogP contribution in [0.15, 0.2) is 24.3 Å². The Balaban J connectivity index is 1.90. The van der Waals surface area contributed by atoms with Crippen molar-refractivity contribution in [2.45, 2.75) is 44.4 Å². The Morgan fingerprint density at radius 1 is 1.35 bits per heavy atom. The van der Waals surface area contributed by atoms with Gasteiger partial charge >= 0.3 is 0 Å². The molecule has 1 aromatic rings. The fourth-order valence-corrected chi connectivity index (χ4v) is 2.27. The van der Waals surface area contributed by atoms with E-state index in [-0.39, 0.29) is 12.1 Å². The average Bonchev–Trinajstić information content (AvgIpc) is 2.38. The normalized spacial score (nSPS) is 24.2. The minimum absolute atomic E-state index is 0.169. The van der Waals surface area contributed by atoms with E-state index in [1.807, 2.05) is 18.2 Å². The molecule has 2 atom stereocenters. The van der Waals surface area contributed by atoms with Crippen LogP contribution < -0.4 is 5.73 Å². The van der Waals surface area contributed by atoms with E-state index in [1.165, 1.54) is 12.8 Å². The molecular weight excluding hydrogens is 212 g/mol. The smallest absolute Gasteiger partial charge is 0.0991 e. The summed E-state index contributed by atoms with van der Waals surface area (Å²) in [7, 11) is 0. The zero-order valence-corrected chi connectivity index (χ0v) is 9.93. The number of nitriles is 1. The lowest BCUT2D eigenvalue weighted by Gasteiger charge is -2.28. The third kappa shape index (κ3) is 3.29. The predicted molar refractivity (Wildman–Crippen MR) is 66.2 cm³/mol. The standard InChI is InChI=1S/C14H18N2O/c15-9-11-4-3-5-12(8-11)10-17-14-7-2-1-6-13(14)16/h3-5,8,13-14H,1-2,6-7,10,16H2. The van der Waals surface area contributed by atoms with Crippen molar-refractivity contribution in [1.82, 2.24) is 0 Å². The van der Waals surface area contributed by atoms with Gasteiger partial charge in [0.05, 0.1) is 24.3 Å². The molecule has 3 heteroatoms. The Bertz CT molecular complexity index is 411. The van der Waals surface area contributed by atoms with Crippen molar-refractivity contribution < 1.29 is 4.74 Å². The molecule has 3 nitrogen and oxygen atoms in total. The minimum atomic E-state index is 0.169. The summed E-state index contributed by atoms with van der Waals surface area (Å²) in [4.78, 5) is 0. The van der Waals surface area contributed by atoms with Gasteiger partial charge < -0.3 is 10.5 Å². The molecule has 0 bridgehead atoms. The maximum absolute atomic E-state index is 8.81. The highest BCUT2D eigenvalue weighted by Gasteiger charge is 2.22. The second-order valence-corrected chi connectivity index (χ2v) is 4.61. The molecule has 1 saturated carbocycles. The molecule has 0 aromatic heterocycles. The van der Waals surface area contributed by atoms with Gasteiger partial charge in [0.25, 0.3) is 0 Å². The van der Waals surface area contributed by atoms with Crippen LogP contribution in [0.25, 0.3) is 0 Å². The monoisotopic (exact) mass is 230 g/mol. The molecular formula is C14H18N2O. The van der Waals surface area contributed by atoms with Crippen molar-refractivity contribution in [1.29, 1.82) is 5.26 Å². The number of hydrogen-bond donors (Lipinski definition) is 1. The van der Waals surface area contributed by atoms with Crippen LogP contribution in [-0.4, -0.2) is 12.1 Å². The summed E-state index contributed by atoms with van der Waals surface area (Å²) in [5.74, 6) is 0. The first-order valence-corrected chi connectivity index (χ1v) is 6.16. The highest BCUT2D eigenvalue weighted by atomic mass is 16.5. The fraction of sp³-hybridized carbons (Fsp3) is 0.500. The molecule has 90 valence electrons. The van der Waals surface area contributed by atoms with Gasteiger partial charge in [0, 0.05) is 6.04 Å². The van der Waals surface area contributed by atoms with Crippen LogP contribution in [0.5, 0.6) is 0 Å². The van der Waals surface area contributed by atoms with Crippen molar-refractivity contribution in [3.63, 3.8) is 0 Å². The first-order chi connectivity index (χ1) is 8.29. The van der Waals surface area contributed by atoms with Crippen LogP contribution in [0.1, 0.15) is 36.8 Å². The lowest BCUT2D eigenvalue weighted by atomic mass is 9.93. The lowest BCUT2D eigenvalue weighted by Crippen LogP contribution is -2.39. The Morgan fingerprint density at radius 2 is 2.18 bits per heavy atom. The number of ether oxygens (including phenoxy) is 1. The first-order valence-electron chi connectivity index (χ1n) is 6.16. The van der Waals surface area contributed by atoms with Crippen molar-refractivity contribution in [3.05, 3.63) is 35.4 Å². The van der Waals surface area contributed by atoms with Gasteiger partial charge in [-0.05, 0) is 30.5 Å². The van der Waals surface area contributed by atoms with Crippen LogP contribution in [0.2, 0.25) is 0 Å². The van der Waals surface area contributed by atoms with E-state index in [1.54, 1.807) is 6.07 Å². The molecule has 1 aromatic carbocycles. The molecule has 0 radical (unpaired) electrons. The summed E-state index contributed by atoms with van der Waals surface area (Å²) in [6.45, 7) is 0.549. The third-order valence-electron chi connectivity index (χ3n) is 3.27. The zero-order valence-electron chi connectivity index (χ0n) is 9.93. The van der Waals surface area contributed by atoms with E-state index >= 15 is 0 Å². The molecule has 0 heterocycles. The highest BCUT2D eigenvalue weighted by molar-refractivity contribution is 5.32. The average molecular weight is 230 g/mol. The van der Waals surface area contributed by atoms with E-state index < -0.39 is 0 Å². The van der Waals surface area contributed by atoms with Gasteiger partial charge in [0.2, 0.25) is 0 Å². The van der Waals surface area contributed by atoms with Crippen LogP contribution in [0.3, 0.4) is 0 Å². The van der Waals surface area contributed by atoms with E-state index in [9.17, 15) is 0 Å². The van der Waals surface area contributed by atoms with Gasteiger partial charge in [-0.2, -0.15) is 5.26 Å². The molecule has 2 rings (SSSR count). The molecule has 1 aliphatic rings. The summed E-state index contributed by atoms with van der Waals surface area (Å²) in [6, 6.07) is 9.84. The predicted octanol–water partition coefficient (Wildman–Crippen LogP) is 2.34. The maximum atomic E-state index is 8.81. The van der Waals surface area contributed by atoms with Crippen molar-refractivity contribution in [2.75, 3.05) is 0 Å². The van der Waals surface area contributed by atoms with Crippen molar-refractivity contribution in [2.24, 2.45) is 5.73 Å². The Kier molecular flexibility index (Phi) is 4.13. The highest BCUT2D eigenvalue weighted by Crippen LogP contribution is 2.21. The van der Waals surface area contributed by atoms with Crippen molar-refractivity contribution in [3.8, 4) is 6.07 Å². The number of nitrogens with two attached hydrogens (primary N) is 1. The fourth-order valence-electron chi connectivity index (χ4n) is 2.27. The quantitative estimate of drug-likeness (QED) is 0.867.